The SMILES string of the molecule is COc1cc2ncnc(Oc3ccc(NC(=O)NCc4ccc(F)cc4)cc3F)c2c2c1OCCO2. The number of benzene rings is 3. The largest absolute Gasteiger partial charge is 0.493 e. The van der Waals surface area contributed by atoms with E-state index in [9.17, 15) is 13.6 Å². The highest BCUT2D eigenvalue weighted by atomic mass is 19.1. The predicted octanol–water partition coefficient (Wildman–Crippen LogP) is 4.80. The lowest BCUT2D eigenvalue weighted by atomic mass is 10.1. The summed E-state index contributed by atoms with van der Waals surface area (Å²) in [6.45, 7) is 0.832. The van der Waals surface area contributed by atoms with Crippen molar-refractivity contribution in [3.63, 3.8) is 0 Å². The van der Waals surface area contributed by atoms with Crippen molar-refractivity contribution in [2.45, 2.75) is 6.54 Å². The van der Waals surface area contributed by atoms with Gasteiger partial charge < -0.3 is 29.6 Å². The average Bonchev–Trinajstić information content (AvgIpc) is 2.89. The van der Waals surface area contributed by atoms with Crippen molar-refractivity contribution < 1.29 is 32.5 Å². The Morgan fingerprint density at radius 1 is 1.00 bits per heavy atom. The number of nitrogens with one attached hydrogen (secondary N) is 2. The zero-order chi connectivity index (χ0) is 25.1. The molecule has 184 valence electrons. The molecule has 0 atom stereocenters. The minimum absolute atomic E-state index is 0.0704. The lowest BCUT2D eigenvalue weighted by molar-refractivity contribution is 0.167. The third kappa shape index (κ3) is 4.76. The van der Waals surface area contributed by atoms with Crippen molar-refractivity contribution in [2.75, 3.05) is 25.6 Å². The van der Waals surface area contributed by atoms with E-state index in [-0.39, 0.29) is 29.7 Å². The van der Waals surface area contributed by atoms with Gasteiger partial charge in [-0.25, -0.2) is 23.5 Å². The molecule has 0 fully saturated rings. The number of halogens is 2. The molecule has 0 bridgehead atoms. The van der Waals surface area contributed by atoms with Crippen LogP contribution in [-0.2, 0) is 6.54 Å². The van der Waals surface area contributed by atoms with Crippen LogP contribution in [-0.4, -0.2) is 36.3 Å². The molecule has 0 unspecified atom stereocenters. The van der Waals surface area contributed by atoms with Crippen molar-refractivity contribution in [2.24, 2.45) is 0 Å². The monoisotopic (exact) mass is 494 g/mol. The van der Waals surface area contributed by atoms with E-state index in [2.05, 4.69) is 20.6 Å². The summed E-state index contributed by atoms with van der Waals surface area (Å²) in [5, 5.41) is 5.57. The first-order valence-electron chi connectivity index (χ1n) is 10.9. The maximum atomic E-state index is 14.9. The Labute approximate surface area is 204 Å². The van der Waals surface area contributed by atoms with Crippen LogP contribution < -0.4 is 29.6 Å². The van der Waals surface area contributed by atoms with E-state index in [0.29, 0.717) is 46.9 Å². The van der Waals surface area contributed by atoms with Crippen LogP contribution in [0.3, 0.4) is 0 Å². The number of fused-ring (bicyclic) bond motifs is 3. The molecule has 9 nitrogen and oxygen atoms in total. The Morgan fingerprint density at radius 3 is 2.53 bits per heavy atom. The number of anilines is 1. The molecule has 0 aliphatic carbocycles. The van der Waals surface area contributed by atoms with E-state index in [1.807, 2.05) is 0 Å². The van der Waals surface area contributed by atoms with Crippen LogP contribution in [0.4, 0.5) is 19.3 Å². The molecule has 5 rings (SSSR count). The van der Waals surface area contributed by atoms with Gasteiger partial charge in [-0.15, -0.1) is 0 Å². The smallest absolute Gasteiger partial charge is 0.319 e. The quantitative estimate of drug-likeness (QED) is 0.397. The summed E-state index contributed by atoms with van der Waals surface area (Å²) >= 11 is 0. The molecule has 0 saturated heterocycles. The summed E-state index contributed by atoms with van der Waals surface area (Å²) < 4.78 is 50.5. The second-order valence-corrected chi connectivity index (χ2v) is 7.69. The van der Waals surface area contributed by atoms with E-state index in [1.54, 1.807) is 18.2 Å². The first kappa shape index (κ1) is 23.1. The van der Waals surface area contributed by atoms with E-state index in [0.717, 1.165) is 6.07 Å². The van der Waals surface area contributed by atoms with E-state index in [4.69, 9.17) is 18.9 Å². The van der Waals surface area contributed by atoms with Crippen LogP contribution in [0, 0.1) is 11.6 Å². The highest BCUT2D eigenvalue weighted by Crippen LogP contribution is 2.47. The molecule has 4 aromatic rings. The Kier molecular flexibility index (Phi) is 6.35. The van der Waals surface area contributed by atoms with Gasteiger partial charge in [0.1, 0.15) is 30.7 Å². The third-order valence-corrected chi connectivity index (χ3v) is 5.33. The fraction of sp³-hybridized carbons (Fsp3) is 0.160. The van der Waals surface area contributed by atoms with Gasteiger partial charge in [0.25, 0.3) is 0 Å². The van der Waals surface area contributed by atoms with Crippen molar-refractivity contribution in [1.29, 1.82) is 0 Å². The predicted molar refractivity (Wildman–Crippen MR) is 126 cm³/mol. The molecule has 2 amide bonds. The number of hydrogen-bond acceptors (Lipinski definition) is 7. The minimum Gasteiger partial charge on any atom is -0.493 e. The zero-order valence-electron chi connectivity index (χ0n) is 19.0. The molecular formula is C25H20F2N4O5. The number of amides is 2. The Bertz CT molecular complexity index is 1430. The fourth-order valence-electron chi connectivity index (χ4n) is 3.64. The molecular weight excluding hydrogens is 474 g/mol. The van der Waals surface area contributed by atoms with E-state index < -0.39 is 11.8 Å². The fourth-order valence-corrected chi connectivity index (χ4v) is 3.64. The highest BCUT2D eigenvalue weighted by Gasteiger charge is 2.25. The average molecular weight is 494 g/mol. The second kappa shape index (κ2) is 9.90. The number of ether oxygens (including phenoxy) is 4. The topological polar surface area (TPSA) is 104 Å². The molecule has 0 spiro atoms. The standard InChI is InChI=1S/C25H20F2N4O5/c1-33-20-11-18-21(23-22(20)34-8-9-35-23)24(30-13-29-18)36-19-7-6-16(10-17(19)27)31-25(32)28-12-14-2-4-15(26)5-3-14/h2-7,10-11,13H,8-9,12H2,1H3,(H2,28,31,32). The number of carbonyl (C=O) groups is 1. The summed E-state index contributed by atoms with van der Waals surface area (Å²) in [6.07, 6.45) is 1.28. The van der Waals surface area contributed by atoms with Gasteiger partial charge in [0.05, 0.1) is 12.6 Å². The lowest BCUT2D eigenvalue weighted by Gasteiger charge is -2.22. The van der Waals surface area contributed by atoms with Crippen LogP contribution >= 0.6 is 0 Å². The molecule has 2 N–H and O–H groups in total. The number of nitrogens with zero attached hydrogens (tertiary/aromatic N) is 2. The van der Waals surface area contributed by atoms with Crippen LogP contribution in [0.25, 0.3) is 10.9 Å². The van der Waals surface area contributed by atoms with Crippen LogP contribution in [0.1, 0.15) is 5.56 Å². The second-order valence-electron chi connectivity index (χ2n) is 7.69. The molecule has 2 heterocycles. The Morgan fingerprint density at radius 2 is 1.78 bits per heavy atom. The van der Waals surface area contributed by atoms with Gasteiger partial charge in [-0.05, 0) is 29.8 Å². The molecule has 11 heteroatoms. The summed E-state index contributed by atoms with van der Waals surface area (Å²) in [7, 11) is 1.51. The van der Waals surface area contributed by atoms with Gasteiger partial charge >= 0.3 is 6.03 Å². The number of rotatable bonds is 6. The number of carbonyl (C=O) groups excluding carboxylic acids is 1. The number of urea groups is 1. The molecule has 0 radical (unpaired) electrons. The number of methoxy groups -OCH3 is 1. The summed E-state index contributed by atoms with van der Waals surface area (Å²) in [5.41, 5.74) is 1.40. The van der Waals surface area contributed by atoms with Gasteiger partial charge in [-0.3, -0.25) is 0 Å². The molecule has 1 aliphatic rings. The Hall–Kier alpha value is -4.67. The summed E-state index contributed by atoms with van der Waals surface area (Å²) in [4.78, 5) is 20.6. The van der Waals surface area contributed by atoms with E-state index in [1.165, 1.54) is 37.7 Å². The van der Waals surface area contributed by atoms with Gasteiger partial charge in [0, 0.05) is 24.4 Å². The minimum atomic E-state index is -0.724. The van der Waals surface area contributed by atoms with Crippen molar-refractivity contribution in [3.8, 4) is 28.9 Å². The van der Waals surface area contributed by atoms with Crippen molar-refractivity contribution in [1.82, 2.24) is 15.3 Å². The molecule has 36 heavy (non-hydrogen) atoms. The number of aromatic nitrogens is 2. The first-order valence-corrected chi connectivity index (χ1v) is 10.9. The van der Waals surface area contributed by atoms with Gasteiger partial charge in [0.2, 0.25) is 11.6 Å². The maximum absolute atomic E-state index is 14.9. The molecule has 1 aromatic heterocycles. The van der Waals surface area contributed by atoms with E-state index >= 15 is 0 Å². The van der Waals surface area contributed by atoms with Gasteiger partial charge in [-0.2, -0.15) is 0 Å². The molecule has 0 saturated carbocycles. The summed E-state index contributed by atoms with van der Waals surface area (Å²) in [5.74, 6) is 0.0511. The zero-order valence-corrected chi connectivity index (χ0v) is 19.0. The normalized spacial score (nSPS) is 12.2. The first-order chi connectivity index (χ1) is 17.5. The third-order valence-electron chi connectivity index (χ3n) is 5.33. The molecule has 1 aliphatic heterocycles. The maximum Gasteiger partial charge on any atom is 0.319 e. The summed E-state index contributed by atoms with van der Waals surface area (Å²) in [6, 6.07) is 10.8. The van der Waals surface area contributed by atoms with Crippen LogP contribution in [0.5, 0.6) is 28.9 Å². The van der Waals surface area contributed by atoms with Crippen LogP contribution in [0.2, 0.25) is 0 Å². The highest BCUT2D eigenvalue weighted by molar-refractivity contribution is 5.94. The van der Waals surface area contributed by atoms with Gasteiger partial charge in [0.15, 0.2) is 23.1 Å². The lowest BCUT2D eigenvalue weighted by Crippen LogP contribution is -2.28. The van der Waals surface area contributed by atoms with Crippen LogP contribution in [0.15, 0.2) is 54.9 Å². The van der Waals surface area contributed by atoms with Gasteiger partial charge in [-0.1, -0.05) is 12.1 Å². The molecule has 3 aromatic carbocycles. The Balaban J connectivity index is 1.33. The van der Waals surface area contributed by atoms with Crippen molar-refractivity contribution in [3.05, 3.63) is 72.1 Å². The number of hydrogen-bond donors (Lipinski definition) is 2. The van der Waals surface area contributed by atoms with Crippen molar-refractivity contribution >= 4 is 22.6 Å².